The number of nitrogens with zero attached hydrogens (tertiary/aromatic N) is 6. The van der Waals surface area contributed by atoms with E-state index in [0.29, 0.717) is 65.1 Å². The molecule has 1 aliphatic heterocycles. The van der Waals surface area contributed by atoms with E-state index < -0.39 is 10.5 Å². The van der Waals surface area contributed by atoms with Gasteiger partial charge in [0, 0.05) is 35.8 Å². The second kappa shape index (κ2) is 10.5. The Morgan fingerprint density at radius 2 is 1.61 bits per heavy atom. The van der Waals surface area contributed by atoms with Crippen LogP contribution in [0.4, 0.5) is 11.4 Å². The zero-order chi connectivity index (χ0) is 26.6. The van der Waals surface area contributed by atoms with Crippen LogP contribution in [0.25, 0.3) is 27.7 Å². The smallest absolute Gasteiger partial charge is 0.295 e. The fraction of sp³-hybridized carbons (Fsp3) is 0.154. The second-order valence-corrected chi connectivity index (χ2v) is 8.52. The van der Waals surface area contributed by atoms with Gasteiger partial charge >= 0.3 is 0 Å². The number of benzene rings is 3. The standard InChI is InChI=1S/C26H22N6O6/c33-26-22-4-2-1-3-21(22)25(19-12-17(15-27-34)11-18(13-19)16-28-35)29-31(26)24-14-20(5-6-23(24)32(36)37)30-7-9-38-10-8-30/h1-6,11-16,34-35H,7-10H2. The van der Waals surface area contributed by atoms with E-state index in [1.807, 2.05) is 4.90 Å². The van der Waals surface area contributed by atoms with Crippen LogP contribution >= 0.6 is 0 Å². The maximum Gasteiger partial charge on any atom is 0.295 e. The second-order valence-electron chi connectivity index (χ2n) is 8.52. The summed E-state index contributed by atoms with van der Waals surface area (Å²) in [5.41, 5.74) is 1.76. The molecule has 38 heavy (non-hydrogen) atoms. The molecule has 4 aromatic rings. The lowest BCUT2D eigenvalue weighted by Gasteiger charge is -2.29. The summed E-state index contributed by atoms with van der Waals surface area (Å²) in [6.45, 7) is 2.27. The first-order valence-electron chi connectivity index (χ1n) is 11.6. The first-order chi connectivity index (χ1) is 18.5. The van der Waals surface area contributed by atoms with Crippen LogP contribution < -0.4 is 10.5 Å². The molecular formula is C26H22N6O6. The molecule has 1 aliphatic rings. The normalized spacial score (nSPS) is 14.1. The van der Waals surface area contributed by atoms with Gasteiger partial charge in [-0.1, -0.05) is 28.5 Å². The topological polar surface area (TPSA) is 156 Å². The summed E-state index contributed by atoms with van der Waals surface area (Å²) in [6, 6.07) is 16.4. The van der Waals surface area contributed by atoms with Gasteiger partial charge in [-0.05, 0) is 47.5 Å². The number of anilines is 1. The van der Waals surface area contributed by atoms with Gasteiger partial charge in [0.25, 0.3) is 11.2 Å². The molecule has 1 fully saturated rings. The third kappa shape index (κ3) is 4.67. The number of aromatic nitrogens is 2. The summed E-state index contributed by atoms with van der Waals surface area (Å²) >= 11 is 0. The van der Waals surface area contributed by atoms with E-state index >= 15 is 0 Å². The molecule has 3 aromatic carbocycles. The third-order valence-electron chi connectivity index (χ3n) is 6.23. The minimum atomic E-state index is -0.546. The molecule has 0 unspecified atom stereocenters. The van der Waals surface area contributed by atoms with Crippen molar-refractivity contribution >= 4 is 34.6 Å². The van der Waals surface area contributed by atoms with Crippen LogP contribution in [0.1, 0.15) is 11.1 Å². The van der Waals surface area contributed by atoms with Crippen LogP contribution in [0.3, 0.4) is 0 Å². The van der Waals surface area contributed by atoms with Crippen LogP contribution in [0.5, 0.6) is 0 Å². The lowest BCUT2D eigenvalue weighted by Crippen LogP contribution is -2.36. The molecule has 0 saturated carbocycles. The van der Waals surface area contributed by atoms with Crippen molar-refractivity contribution in [2.24, 2.45) is 10.3 Å². The van der Waals surface area contributed by atoms with Gasteiger partial charge in [-0.25, -0.2) is 0 Å². The molecule has 1 aromatic heterocycles. The molecule has 0 spiro atoms. The highest BCUT2D eigenvalue weighted by Gasteiger charge is 2.23. The number of ether oxygens (including phenoxy) is 1. The summed E-state index contributed by atoms with van der Waals surface area (Å²) in [6.07, 6.45) is 2.40. The molecule has 5 rings (SSSR count). The highest BCUT2D eigenvalue weighted by atomic mass is 16.6. The average Bonchev–Trinajstić information content (AvgIpc) is 2.94. The number of morpholine rings is 1. The molecule has 0 bridgehead atoms. The largest absolute Gasteiger partial charge is 0.411 e. The molecule has 2 N–H and O–H groups in total. The quantitative estimate of drug-likeness (QED) is 0.172. The minimum Gasteiger partial charge on any atom is -0.411 e. The van der Waals surface area contributed by atoms with Gasteiger partial charge in [-0.2, -0.15) is 9.78 Å². The minimum absolute atomic E-state index is 0.0289. The Balaban J connectivity index is 1.80. The van der Waals surface area contributed by atoms with Gasteiger partial charge in [-0.15, -0.1) is 0 Å². The van der Waals surface area contributed by atoms with Crippen LogP contribution in [-0.2, 0) is 4.74 Å². The van der Waals surface area contributed by atoms with E-state index in [2.05, 4.69) is 15.4 Å². The van der Waals surface area contributed by atoms with Crippen LogP contribution in [-0.4, -0.2) is 63.9 Å². The SMILES string of the molecule is O=c1c2ccccc2c(-c2cc(C=NO)cc(C=NO)c2)nn1-c1cc(N2CCOCC2)ccc1[N+](=O)[O-]. The van der Waals surface area contributed by atoms with Crippen molar-refractivity contribution in [3.8, 4) is 16.9 Å². The summed E-state index contributed by atoms with van der Waals surface area (Å²) in [4.78, 5) is 27.1. The summed E-state index contributed by atoms with van der Waals surface area (Å²) in [5.74, 6) is 0. The Hall–Kier alpha value is -5.10. The maximum absolute atomic E-state index is 13.6. The molecule has 12 nitrogen and oxygen atoms in total. The van der Waals surface area contributed by atoms with Gasteiger partial charge < -0.3 is 20.1 Å². The van der Waals surface area contributed by atoms with E-state index in [0.717, 1.165) is 4.68 Å². The summed E-state index contributed by atoms with van der Waals surface area (Å²) < 4.78 is 6.46. The molecule has 1 saturated heterocycles. The fourth-order valence-electron chi connectivity index (χ4n) is 4.52. The van der Waals surface area contributed by atoms with E-state index in [9.17, 15) is 14.9 Å². The monoisotopic (exact) mass is 514 g/mol. The summed E-state index contributed by atoms with van der Waals surface area (Å²) in [5, 5.41) is 41.7. The fourth-order valence-corrected chi connectivity index (χ4v) is 4.52. The first kappa shape index (κ1) is 24.6. The predicted octanol–water partition coefficient (Wildman–Crippen LogP) is 3.41. The lowest BCUT2D eigenvalue weighted by molar-refractivity contribution is -0.384. The van der Waals surface area contributed by atoms with Crippen molar-refractivity contribution in [2.75, 3.05) is 31.2 Å². The molecular weight excluding hydrogens is 492 g/mol. The Morgan fingerprint density at radius 3 is 2.24 bits per heavy atom. The number of rotatable bonds is 6. The summed E-state index contributed by atoms with van der Waals surface area (Å²) in [7, 11) is 0. The van der Waals surface area contributed by atoms with Gasteiger partial charge in [-0.3, -0.25) is 14.9 Å². The Morgan fingerprint density at radius 1 is 0.947 bits per heavy atom. The Kier molecular flexibility index (Phi) is 6.78. The van der Waals surface area contributed by atoms with E-state index in [1.54, 1.807) is 54.6 Å². The number of nitro benzene ring substituents is 1. The maximum atomic E-state index is 13.6. The van der Waals surface area contributed by atoms with E-state index in [1.165, 1.54) is 18.5 Å². The van der Waals surface area contributed by atoms with Crippen molar-refractivity contribution < 1.29 is 20.1 Å². The molecule has 0 atom stereocenters. The number of hydrogen-bond donors (Lipinski definition) is 2. The average molecular weight is 514 g/mol. The zero-order valence-corrected chi connectivity index (χ0v) is 20.0. The highest BCUT2D eigenvalue weighted by Crippen LogP contribution is 2.31. The van der Waals surface area contributed by atoms with Gasteiger partial charge in [0.1, 0.15) is 5.69 Å². The lowest BCUT2D eigenvalue weighted by atomic mass is 10.0. The predicted molar refractivity (Wildman–Crippen MR) is 141 cm³/mol. The molecule has 12 heteroatoms. The molecule has 2 heterocycles. The third-order valence-corrected chi connectivity index (χ3v) is 6.23. The Bertz CT molecular complexity index is 1610. The van der Waals surface area contributed by atoms with Gasteiger partial charge in [0.2, 0.25) is 0 Å². The Labute approximate surface area is 215 Å². The van der Waals surface area contributed by atoms with Gasteiger partial charge in [0.15, 0.2) is 0 Å². The first-order valence-corrected chi connectivity index (χ1v) is 11.6. The van der Waals surface area contributed by atoms with Gasteiger partial charge in [0.05, 0.1) is 41.6 Å². The molecule has 192 valence electrons. The van der Waals surface area contributed by atoms with Crippen molar-refractivity contribution in [1.82, 2.24) is 9.78 Å². The van der Waals surface area contributed by atoms with Crippen molar-refractivity contribution in [1.29, 1.82) is 0 Å². The highest BCUT2D eigenvalue weighted by molar-refractivity contribution is 5.97. The van der Waals surface area contributed by atoms with E-state index in [-0.39, 0.29) is 11.4 Å². The number of fused-ring (bicyclic) bond motifs is 1. The van der Waals surface area contributed by atoms with E-state index in [4.69, 9.17) is 15.2 Å². The van der Waals surface area contributed by atoms with Crippen LogP contribution in [0.15, 0.2) is 75.8 Å². The van der Waals surface area contributed by atoms with Crippen molar-refractivity contribution in [2.45, 2.75) is 0 Å². The molecule has 0 radical (unpaired) electrons. The van der Waals surface area contributed by atoms with Crippen LogP contribution in [0, 0.1) is 10.1 Å². The molecule has 0 aliphatic carbocycles. The number of hydrogen-bond acceptors (Lipinski definition) is 10. The number of oxime groups is 2. The van der Waals surface area contributed by atoms with Crippen molar-refractivity contribution in [3.05, 3.63) is 92.3 Å². The zero-order valence-electron chi connectivity index (χ0n) is 20.0. The number of nitro groups is 1. The van der Waals surface area contributed by atoms with Crippen LogP contribution in [0.2, 0.25) is 0 Å². The molecule has 0 amide bonds. The van der Waals surface area contributed by atoms with Crippen molar-refractivity contribution in [3.63, 3.8) is 0 Å².